The predicted octanol–water partition coefficient (Wildman–Crippen LogP) is 4.42. The molecule has 3 aromatic carbocycles. The summed E-state index contributed by atoms with van der Waals surface area (Å²) in [5, 5.41) is 14.6. The first-order valence-corrected chi connectivity index (χ1v) is 8.25. The number of carbonyl (C=O) groups excluding carboxylic acids is 2. The third-order valence-electron chi connectivity index (χ3n) is 4.08. The quantitative estimate of drug-likeness (QED) is 0.540. The third-order valence-corrected chi connectivity index (χ3v) is 4.08. The number of anilines is 1. The van der Waals surface area contributed by atoms with Crippen LogP contribution in [0.2, 0.25) is 0 Å². The van der Waals surface area contributed by atoms with Crippen molar-refractivity contribution < 1.29 is 19.4 Å². The molecular weight excluding hydrogens is 330 g/mol. The Labute approximate surface area is 151 Å². The van der Waals surface area contributed by atoms with E-state index >= 15 is 0 Å². The van der Waals surface area contributed by atoms with Crippen LogP contribution < -0.4 is 5.32 Å². The van der Waals surface area contributed by atoms with Crippen LogP contribution in [-0.4, -0.2) is 17.0 Å². The maximum absolute atomic E-state index is 12.5. The normalized spacial score (nSPS) is 11.8. The summed E-state index contributed by atoms with van der Waals surface area (Å²) in [5.41, 5.74) is 1.30. The number of phenolic OH excluding ortho intramolecular Hbond substituents is 1. The molecule has 3 rings (SSSR count). The molecule has 0 aliphatic heterocycles. The van der Waals surface area contributed by atoms with E-state index in [4.69, 9.17) is 4.74 Å². The second-order valence-corrected chi connectivity index (χ2v) is 6.03. The maximum Gasteiger partial charge on any atom is 0.342 e. The standard InChI is InChI=1S/C21H19NO4/c1-13(17-9-5-7-15-6-3-4-8-18(15)17)26-21(25)19-12-16(22-14(2)23)10-11-20(19)24/h3-13,24H,1-2H3,(H,22,23)/t13-/m0/s1. The van der Waals surface area contributed by atoms with E-state index in [1.54, 1.807) is 6.92 Å². The molecule has 0 spiro atoms. The molecule has 5 nitrogen and oxygen atoms in total. The van der Waals surface area contributed by atoms with Crippen molar-refractivity contribution in [3.63, 3.8) is 0 Å². The number of ether oxygens (including phenoxy) is 1. The van der Waals surface area contributed by atoms with Crippen LogP contribution in [0.15, 0.2) is 60.7 Å². The van der Waals surface area contributed by atoms with Crippen LogP contribution >= 0.6 is 0 Å². The van der Waals surface area contributed by atoms with E-state index in [1.807, 2.05) is 42.5 Å². The SMILES string of the molecule is CC(=O)Nc1ccc(O)c(C(=O)O[C@@H](C)c2cccc3ccccc23)c1. The van der Waals surface area contributed by atoms with Crippen molar-refractivity contribution in [2.24, 2.45) is 0 Å². The van der Waals surface area contributed by atoms with Crippen molar-refractivity contribution >= 4 is 28.3 Å². The summed E-state index contributed by atoms with van der Waals surface area (Å²) in [6.07, 6.45) is -0.502. The summed E-state index contributed by atoms with van der Waals surface area (Å²) < 4.78 is 5.56. The number of nitrogens with one attached hydrogen (secondary N) is 1. The monoisotopic (exact) mass is 349 g/mol. The van der Waals surface area contributed by atoms with Crippen molar-refractivity contribution in [3.8, 4) is 5.75 Å². The molecule has 0 heterocycles. The lowest BCUT2D eigenvalue weighted by atomic mass is 10.0. The highest BCUT2D eigenvalue weighted by Gasteiger charge is 2.19. The number of carbonyl (C=O) groups is 2. The summed E-state index contributed by atoms with van der Waals surface area (Å²) in [7, 11) is 0. The summed E-state index contributed by atoms with van der Waals surface area (Å²) in [4.78, 5) is 23.7. The van der Waals surface area contributed by atoms with Crippen LogP contribution in [-0.2, 0) is 9.53 Å². The highest BCUT2D eigenvalue weighted by molar-refractivity contribution is 5.96. The predicted molar refractivity (Wildman–Crippen MR) is 100 cm³/mol. The molecule has 26 heavy (non-hydrogen) atoms. The Morgan fingerprint density at radius 2 is 1.77 bits per heavy atom. The fraction of sp³-hybridized carbons (Fsp3) is 0.143. The van der Waals surface area contributed by atoms with E-state index in [1.165, 1.54) is 25.1 Å². The number of phenols is 1. The molecule has 0 radical (unpaired) electrons. The molecular formula is C21H19NO4. The van der Waals surface area contributed by atoms with Gasteiger partial charge in [0.25, 0.3) is 0 Å². The second-order valence-electron chi connectivity index (χ2n) is 6.03. The Balaban J connectivity index is 1.86. The molecule has 0 unspecified atom stereocenters. The molecule has 1 atom stereocenters. The van der Waals surface area contributed by atoms with E-state index in [9.17, 15) is 14.7 Å². The van der Waals surface area contributed by atoms with Gasteiger partial charge in [0.15, 0.2) is 0 Å². The van der Waals surface area contributed by atoms with Crippen molar-refractivity contribution in [3.05, 3.63) is 71.8 Å². The first-order valence-electron chi connectivity index (χ1n) is 8.25. The summed E-state index contributed by atoms with van der Waals surface area (Å²) in [5.74, 6) is -1.12. The van der Waals surface area contributed by atoms with Crippen LogP contribution in [0.5, 0.6) is 5.75 Å². The largest absolute Gasteiger partial charge is 0.507 e. The van der Waals surface area contributed by atoms with Crippen LogP contribution in [0.3, 0.4) is 0 Å². The summed E-state index contributed by atoms with van der Waals surface area (Å²) >= 11 is 0. The van der Waals surface area contributed by atoms with Crippen LogP contribution in [0.1, 0.15) is 35.9 Å². The van der Waals surface area contributed by atoms with E-state index in [0.717, 1.165) is 16.3 Å². The van der Waals surface area contributed by atoms with Crippen LogP contribution in [0.25, 0.3) is 10.8 Å². The van der Waals surface area contributed by atoms with Crippen molar-refractivity contribution in [2.45, 2.75) is 20.0 Å². The fourth-order valence-corrected chi connectivity index (χ4v) is 2.87. The van der Waals surface area contributed by atoms with Gasteiger partial charge in [0.1, 0.15) is 17.4 Å². The molecule has 1 amide bonds. The molecule has 0 saturated heterocycles. The van der Waals surface area contributed by atoms with Gasteiger partial charge in [0, 0.05) is 12.6 Å². The average molecular weight is 349 g/mol. The molecule has 0 bridgehead atoms. The number of esters is 1. The van der Waals surface area contributed by atoms with Gasteiger partial charge in [0.2, 0.25) is 5.91 Å². The van der Waals surface area contributed by atoms with E-state index in [-0.39, 0.29) is 17.2 Å². The Kier molecular flexibility index (Phi) is 4.89. The van der Waals surface area contributed by atoms with Gasteiger partial charge in [0.05, 0.1) is 0 Å². The topological polar surface area (TPSA) is 75.6 Å². The number of hydrogen-bond donors (Lipinski definition) is 2. The molecule has 0 aromatic heterocycles. The van der Waals surface area contributed by atoms with Crippen LogP contribution in [0.4, 0.5) is 5.69 Å². The zero-order valence-electron chi connectivity index (χ0n) is 14.5. The van der Waals surface area contributed by atoms with Gasteiger partial charge < -0.3 is 15.2 Å². The minimum atomic E-state index is -0.657. The number of hydrogen-bond acceptors (Lipinski definition) is 4. The van der Waals surface area contributed by atoms with Gasteiger partial charge in [-0.1, -0.05) is 42.5 Å². The minimum absolute atomic E-state index is 0.00309. The number of amides is 1. The molecule has 5 heteroatoms. The first-order chi connectivity index (χ1) is 12.5. The zero-order valence-corrected chi connectivity index (χ0v) is 14.5. The molecule has 0 saturated carbocycles. The lowest BCUT2D eigenvalue weighted by Crippen LogP contribution is -2.11. The van der Waals surface area contributed by atoms with E-state index in [0.29, 0.717) is 5.69 Å². The van der Waals surface area contributed by atoms with Crippen molar-refractivity contribution in [1.82, 2.24) is 0 Å². The highest BCUT2D eigenvalue weighted by Crippen LogP contribution is 2.29. The Morgan fingerprint density at radius 3 is 2.54 bits per heavy atom. The number of benzene rings is 3. The fourth-order valence-electron chi connectivity index (χ4n) is 2.87. The van der Waals surface area contributed by atoms with Gasteiger partial charge >= 0.3 is 5.97 Å². The number of fused-ring (bicyclic) bond motifs is 1. The van der Waals surface area contributed by atoms with Crippen molar-refractivity contribution in [2.75, 3.05) is 5.32 Å². The minimum Gasteiger partial charge on any atom is -0.507 e. The molecule has 0 aliphatic rings. The summed E-state index contributed by atoms with van der Waals surface area (Å²) in [6, 6.07) is 17.9. The number of rotatable bonds is 4. The lowest BCUT2D eigenvalue weighted by Gasteiger charge is -2.16. The molecule has 0 aliphatic carbocycles. The van der Waals surface area contributed by atoms with Gasteiger partial charge in [-0.3, -0.25) is 4.79 Å². The second kappa shape index (κ2) is 7.27. The average Bonchev–Trinajstić information content (AvgIpc) is 2.62. The Morgan fingerprint density at radius 1 is 1.04 bits per heavy atom. The van der Waals surface area contributed by atoms with E-state index in [2.05, 4.69) is 5.32 Å². The highest BCUT2D eigenvalue weighted by atomic mass is 16.5. The first kappa shape index (κ1) is 17.5. The van der Waals surface area contributed by atoms with Gasteiger partial charge in [-0.2, -0.15) is 0 Å². The van der Waals surface area contributed by atoms with Gasteiger partial charge in [-0.25, -0.2) is 4.79 Å². The third kappa shape index (κ3) is 3.67. The van der Waals surface area contributed by atoms with Gasteiger partial charge in [-0.05, 0) is 41.5 Å². The smallest absolute Gasteiger partial charge is 0.342 e. The van der Waals surface area contributed by atoms with Gasteiger partial charge in [-0.15, -0.1) is 0 Å². The zero-order chi connectivity index (χ0) is 18.7. The summed E-state index contributed by atoms with van der Waals surface area (Å²) in [6.45, 7) is 3.15. The maximum atomic E-state index is 12.5. The Bertz CT molecular complexity index is 975. The molecule has 2 N–H and O–H groups in total. The molecule has 0 fully saturated rings. The Hall–Kier alpha value is -3.34. The number of aromatic hydroxyl groups is 1. The molecule has 132 valence electrons. The van der Waals surface area contributed by atoms with E-state index < -0.39 is 12.1 Å². The van der Waals surface area contributed by atoms with Crippen LogP contribution in [0, 0.1) is 0 Å². The lowest BCUT2D eigenvalue weighted by molar-refractivity contribution is -0.114. The van der Waals surface area contributed by atoms with Crippen molar-refractivity contribution in [1.29, 1.82) is 0 Å². The molecule has 3 aromatic rings.